The molecule has 1 aliphatic rings. The Morgan fingerprint density at radius 3 is 2.75 bits per heavy atom. The van der Waals surface area contributed by atoms with Crippen LogP contribution in [0.1, 0.15) is 31.4 Å². The summed E-state index contributed by atoms with van der Waals surface area (Å²) >= 11 is 9.25. The Morgan fingerprint density at radius 2 is 2.04 bits per heavy atom. The number of nitrogens with one attached hydrogen (secondary N) is 2. The second kappa shape index (κ2) is 8.51. The van der Waals surface area contributed by atoms with E-state index in [0.29, 0.717) is 10.3 Å². The monoisotopic (exact) mass is 430 g/mol. The summed E-state index contributed by atoms with van der Waals surface area (Å²) in [4.78, 5) is 21.2. The van der Waals surface area contributed by atoms with E-state index < -0.39 is 0 Å². The Bertz CT molecular complexity index is 972. The average molecular weight is 431 g/mol. The standard InChI is InChI=1S/C20H19ClN4OS2/c1-12(18-11-27-20(24-18)25-28-17-6-7-17)19(26)23-16-4-2-13(3-5-16)14-8-15(21)10-22-9-14/h2-5,8-12,17H,6-7H2,1H3,(H,23,26)(H,24,25). The third kappa shape index (κ3) is 4.84. The SMILES string of the molecule is CC(C(=O)Nc1ccc(-c2cncc(Cl)c2)cc1)c1csc(NSC2CC2)n1. The maximum atomic E-state index is 12.6. The Hall–Kier alpha value is -2.09. The first-order valence-corrected chi connectivity index (χ1v) is 11.1. The van der Waals surface area contributed by atoms with Gasteiger partial charge < -0.3 is 10.0 Å². The van der Waals surface area contributed by atoms with Gasteiger partial charge in [-0.25, -0.2) is 4.98 Å². The number of carbonyl (C=O) groups is 1. The largest absolute Gasteiger partial charge is 0.326 e. The molecule has 0 radical (unpaired) electrons. The van der Waals surface area contributed by atoms with E-state index in [1.807, 2.05) is 42.6 Å². The first kappa shape index (κ1) is 19.2. The number of hydrogen-bond acceptors (Lipinski definition) is 6. The maximum absolute atomic E-state index is 12.6. The smallest absolute Gasteiger partial charge is 0.233 e. The van der Waals surface area contributed by atoms with Crippen LogP contribution >= 0.6 is 34.9 Å². The molecule has 1 fully saturated rings. The van der Waals surface area contributed by atoms with E-state index in [9.17, 15) is 4.79 Å². The van der Waals surface area contributed by atoms with Gasteiger partial charge in [0.05, 0.1) is 16.6 Å². The van der Waals surface area contributed by atoms with Gasteiger partial charge in [-0.05, 0) is 55.5 Å². The van der Waals surface area contributed by atoms with Crippen molar-refractivity contribution in [1.29, 1.82) is 0 Å². The van der Waals surface area contributed by atoms with Gasteiger partial charge in [0.15, 0.2) is 5.13 Å². The molecule has 0 saturated heterocycles. The van der Waals surface area contributed by atoms with Gasteiger partial charge in [0, 0.05) is 34.3 Å². The third-order valence-electron chi connectivity index (χ3n) is 4.39. The van der Waals surface area contributed by atoms with Crippen molar-refractivity contribution in [2.75, 3.05) is 10.0 Å². The number of aromatic nitrogens is 2. The summed E-state index contributed by atoms with van der Waals surface area (Å²) in [5.41, 5.74) is 3.45. The molecule has 5 nitrogen and oxygen atoms in total. The van der Waals surface area contributed by atoms with E-state index in [1.165, 1.54) is 24.2 Å². The molecular weight excluding hydrogens is 412 g/mol. The number of benzene rings is 1. The summed E-state index contributed by atoms with van der Waals surface area (Å²) in [5, 5.41) is 7.05. The minimum atomic E-state index is -0.325. The second-order valence-electron chi connectivity index (χ2n) is 6.68. The molecule has 8 heteroatoms. The van der Waals surface area contributed by atoms with Crippen molar-refractivity contribution in [3.05, 3.63) is 58.8 Å². The van der Waals surface area contributed by atoms with Crippen LogP contribution in [0.25, 0.3) is 11.1 Å². The van der Waals surface area contributed by atoms with Gasteiger partial charge in [0.1, 0.15) is 0 Å². The lowest BCUT2D eigenvalue weighted by molar-refractivity contribution is -0.117. The van der Waals surface area contributed by atoms with Gasteiger partial charge in [-0.15, -0.1) is 11.3 Å². The molecular formula is C20H19ClN4OS2. The van der Waals surface area contributed by atoms with Crippen LogP contribution < -0.4 is 10.0 Å². The van der Waals surface area contributed by atoms with E-state index >= 15 is 0 Å². The highest BCUT2D eigenvalue weighted by atomic mass is 35.5. The van der Waals surface area contributed by atoms with Crippen LogP contribution in [0.4, 0.5) is 10.8 Å². The van der Waals surface area contributed by atoms with Crippen molar-refractivity contribution in [2.45, 2.75) is 30.9 Å². The number of halogens is 1. The summed E-state index contributed by atoms with van der Waals surface area (Å²) < 4.78 is 3.27. The lowest BCUT2D eigenvalue weighted by atomic mass is 10.1. The Balaban J connectivity index is 1.37. The molecule has 1 saturated carbocycles. The zero-order valence-electron chi connectivity index (χ0n) is 15.2. The highest BCUT2D eigenvalue weighted by molar-refractivity contribution is 8.01. The quantitative estimate of drug-likeness (QED) is 0.462. The zero-order chi connectivity index (χ0) is 19.5. The maximum Gasteiger partial charge on any atom is 0.233 e. The van der Waals surface area contributed by atoms with E-state index in [0.717, 1.165) is 27.6 Å². The summed E-state index contributed by atoms with van der Waals surface area (Å²) in [7, 11) is 0. The van der Waals surface area contributed by atoms with Gasteiger partial charge in [-0.2, -0.15) is 0 Å². The molecule has 0 spiro atoms. The van der Waals surface area contributed by atoms with E-state index in [4.69, 9.17) is 11.6 Å². The number of rotatable bonds is 7. The van der Waals surface area contributed by atoms with Gasteiger partial charge in [0.2, 0.25) is 5.91 Å². The Morgan fingerprint density at radius 1 is 1.25 bits per heavy atom. The Kier molecular flexibility index (Phi) is 5.85. The molecule has 144 valence electrons. The molecule has 28 heavy (non-hydrogen) atoms. The molecule has 0 aliphatic heterocycles. The molecule has 3 aromatic rings. The van der Waals surface area contributed by atoms with Crippen LogP contribution in [0, 0.1) is 0 Å². The molecule has 1 amide bonds. The van der Waals surface area contributed by atoms with Gasteiger partial charge in [0.25, 0.3) is 0 Å². The number of nitrogens with zero attached hydrogens (tertiary/aromatic N) is 2. The van der Waals surface area contributed by atoms with Crippen molar-refractivity contribution in [2.24, 2.45) is 0 Å². The minimum Gasteiger partial charge on any atom is -0.326 e. The fourth-order valence-electron chi connectivity index (χ4n) is 2.55. The van der Waals surface area contributed by atoms with Crippen molar-refractivity contribution < 1.29 is 4.79 Å². The Labute approximate surface area is 177 Å². The van der Waals surface area contributed by atoms with E-state index in [2.05, 4.69) is 20.0 Å². The number of anilines is 2. The minimum absolute atomic E-state index is 0.0798. The summed E-state index contributed by atoms with van der Waals surface area (Å²) in [5.74, 6) is -0.404. The number of thiazole rings is 1. The van der Waals surface area contributed by atoms with Crippen LogP contribution in [-0.4, -0.2) is 21.1 Å². The lowest BCUT2D eigenvalue weighted by Gasteiger charge is -2.11. The highest BCUT2D eigenvalue weighted by Gasteiger charge is 2.23. The molecule has 2 heterocycles. The molecule has 1 aliphatic carbocycles. The number of carbonyl (C=O) groups excluding carboxylic acids is 1. The molecule has 2 aromatic heterocycles. The van der Waals surface area contributed by atoms with Crippen molar-refractivity contribution in [3.63, 3.8) is 0 Å². The van der Waals surface area contributed by atoms with Crippen LogP contribution in [0.2, 0.25) is 5.02 Å². The van der Waals surface area contributed by atoms with Gasteiger partial charge in [-0.1, -0.05) is 23.7 Å². The second-order valence-corrected chi connectivity index (χ2v) is 9.08. The molecule has 0 bridgehead atoms. The number of amides is 1. The van der Waals surface area contributed by atoms with Gasteiger partial charge in [-0.3, -0.25) is 9.78 Å². The molecule has 1 aromatic carbocycles. The summed E-state index contributed by atoms with van der Waals surface area (Å²) in [6.07, 6.45) is 5.89. The number of hydrogen-bond donors (Lipinski definition) is 2. The zero-order valence-corrected chi connectivity index (χ0v) is 17.6. The lowest BCUT2D eigenvalue weighted by Crippen LogP contribution is -2.19. The van der Waals surface area contributed by atoms with Crippen molar-refractivity contribution >= 4 is 51.6 Å². The first-order valence-electron chi connectivity index (χ1n) is 8.97. The van der Waals surface area contributed by atoms with Crippen LogP contribution in [0.5, 0.6) is 0 Å². The number of pyridine rings is 1. The predicted octanol–water partition coefficient (Wildman–Crippen LogP) is 5.82. The fraction of sp³-hybridized carbons (Fsp3) is 0.250. The molecule has 1 atom stereocenters. The van der Waals surface area contributed by atoms with Crippen molar-refractivity contribution in [1.82, 2.24) is 9.97 Å². The van der Waals surface area contributed by atoms with Crippen LogP contribution in [0.3, 0.4) is 0 Å². The third-order valence-corrected chi connectivity index (χ3v) is 6.61. The molecule has 2 N–H and O–H groups in total. The molecule has 1 unspecified atom stereocenters. The van der Waals surface area contributed by atoms with Gasteiger partial charge >= 0.3 is 0 Å². The fourth-order valence-corrected chi connectivity index (χ4v) is 4.40. The summed E-state index contributed by atoms with van der Waals surface area (Å²) in [6, 6.07) is 9.49. The topological polar surface area (TPSA) is 66.9 Å². The average Bonchev–Trinajstić information content (AvgIpc) is 3.42. The van der Waals surface area contributed by atoms with Crippen LogP contribution in [0.15, 0.2) is 48.1 Å². The van der Waals surface area contributed by atoms with Crippen molar-refractivity contribution in [3.8, 4) is 11.1 Å². The highest BCUT2D eigenvalue weighted by Crippen LogP contribution is 2.35. The van der Waals surface area contributed by atoms with E-state index in [-0.39, 0.29) is 11.8 Å². The van der Waals surface area contributed by atoms with E-state index in [1.54, 1.807) is 24.3 Å². The van der Waals surface area contributed by atoms with Crippen LogP contribution in [-0.2, 0) is 4.79 Å². The first-order chi connectivity index (χ1) is 13.6. The molecule has 4 rings (SSSR count). The normalized spacial score (nSPS) is 14.5. The summed E-state index contributed by atoms with van der Waals surface area (Å²) in [6.45, 7) is 1.87. The predicted molar refractivity (Wildman–Crippen MR) is 118 cm³/mol.